The zero-order valence-electron chi connectivity index (χ0n) is 52.3. The molecule has 0 saturated heterocycles. The Hall–Kier alpha value is -12.2. The van der Waals surface area contributed by atoms with E-state index in [2.05, 4.69) is 354 Å². The molecule has 3 heterocycles. The maximum atomic E-state index is 2.70. The van der Waals surface area contributed by atoms with E-state index < -0.39 is 10.8 Å². The third-order valence-electron chi connectivity index (χ3n) is 22.6. The maximum absolute atomic E-state index is 2.70. The standard InChI is InChI=1S/C92H56BN3/c1-3-24-57(25-4-1)59-46-49-61(50-47-59)94-86-56-79-71(67-32-11-19-40-76(67)92(79)74-38-17-9-30-65(74)66-31-10-18-39-75(66)92)55-81(86)93-80-52-60(58-26-5-2-6-27-58)48-51-84(80)96(88-54-62(53-87(94)90(88)93)95-82-43-21-13-33-68(82)69-34-14-22-44-83(69)95)85-45-23-42-78-89(85)70-35-12-20-41-77(70)91(78)72-36-15-7-28-63(72)64-29-8-16-37-73(64)91/h1-56H. The number of anilines is 6. The van der Waals surface area contributed by atoms with Crippen LogP contribution in [0, 0.1) is 0 Å². The molecule has 2 aliphatic heterocycles. The van der Waals surface area contributed by atoms with Crippen LogP contribution in [0.1, 0.15) is 44.5 Å². The first-order chi connectivity index (χ1) is 47.7. The molecule has 1 aromatic heterocycles. The van der Waals surface area contributed by atoms with Crippen molar-refractivity contribution in [1.82, 2.24) is 4.57 Å². The van der Waals surface area contributed by atoms with Crippen LogP contribution in [-0.2, 0) is 10.8 Å². The lowest BCUT2D eigenvalue weighted by Crippen LogP contribution is -2.61. The first-order valence-electron chi connectivity index (χ1n) is 33.7. The Labute approximate surface area is 557 Å². The van der Waals surface area contributed by atoms with Gasteiger partial charge in [0.15, 0.2) is 0 Å². The molecule has 0 N–H and O–H groups in total. The van der Waals surface area contributed by atoms with Gasteiger partial charge in [-0.25, -0.2) is 0 Å². The van der Waals surface area contributed by atoms with Crippen molar-refractivity contribution in [3.63, 3.8) is 0 Å². The van der Waals surface area contributed by atoms with Crippen LogP contribution in [0.25, 0.3) is 94.3 Å². The van der Waals surface area contributed by atoms with Crippen molar-refractivity contribution < 1.29 is 0 Å². The summed E-state index contributed by atoms with van der Waals surface area (Å²) in [6, 6.07) is 130. The minimum atomic E-state index is -0.573. The monoisotopic (exact) mass is 1210 g/mol. The predicted molar refractivity (Wildman–Crippen MR) is 398 cm³/mol. The van der Waals surface area contributed by atoms with E-state index in [0.29, 0.717) is 0 Å². The van der Waals surface area contributed by atoms with Crippen molar-refractivity contribution >= 4 is 79.0 Å². The topological polar surface area (TPSA) is 11.4 Å². The van der Waals surface area contributed by atoms with Gasteiger partial charge in [0.05, 0.1) is 33.2 Å². The van der Waals surface area contributed by atoms with E-state index in [1.807, 2.05) is 0 Å². The lowest BCUT2D eigenvalue weighted by atomic mass is 9.33. The molecule has 22 rings (SSSR count). The van der Waals surface area contributed by atoms with Crippen LogP contribution < -0.4 is 26.2 Å². The van der Waals surface area contributed by atoms with E-state index in [1.54, 1.807) is 0 Å². The molecule has 2 spiro atoms. The molecule has 0 saturated carbocycles. The first kappa shape index (κ1) is 52.3. The summed E-state index contributed by atoms with van der Waals surface area (Å²) in [5, 5.41) is 2.45. The number of para-hydroxylation sites is 2. The number of aromatic nitrogens is 1. The Balaban J connectivity index is 0.898. The molecule has 16 aromatic rings. The molecule has 0 unspecified atom stereocenters. The molecule has 0 atom stereocenters. The average molecular weight is 1210 g/mol. The molecule has 4 heteroatoms. The van der Waals surface area contributed by atoms with Crippen molar-refractivity contribution in [3.05, 3.63) is 384 Å². The fourth-order valence-corrected chi connectivity index (χ4v) is 19.0. The number of fused-ring (bicyclic) bond motifs is 27. The van der Waals surface area contributed by atoms with Crippen LogP contribution in [0.4, 0.5) is 34.1 Å². The SMILES string of the molecule is c1ccc(-c2ccc(N3c4cc5c(cc4B4c6cc(-c7ccccc7)ccc6N(c6cccc7c6-c6ccccc6C76c7ccccc7-c7ccccc76)c6cc(-n7c8ccccc8c8ccccc87)cc3c64)-c3ccccc3C53c4ccccc4-c4ccccc43)cc2)cc1. The van der Waals surface area contributed by atoms with E-state index >= 15 is 0 Å². The Morgan fingerprint density at radius 1 is 0.229 bits per heavy atom. The van der Waals surface area contributed by atoms with Gasteiger partial charge >= 0.3 is 0 Å². The Kier molecular flexibility index (Phi) is 10.5. The fraction of sp³-hybridized carbons (Fsp3) is 0.0217. The predicted octanol–water partition coefficient (Wildman–Crippen LogP) is 20.9. The summed E-state index contributed by atoms with van der Waals surface area (Å²) < 4.78 is 2.54. The highest BCUT2D eigenvalue weighted by Crippen LogP contribution is 2.67. The minimum Gasteiger partial charge on any atom is -0.311 e. The second kappa shape index (κ2) is 19.2. The summed E-state index contributed by atoms with van der Waals surface area (Å²) in [6.45, 7) is -0.215. The van der Waals surface area contributed by atoms with E-state index in [0.717, 1.165) is 28.4 Å². The molecule has 15 aromatic carbocycles. The lowest BCUT2D eigenvalue weighted by molar-refractivity contribution is 0.793. The zero-order chi connectivity index (χ0) is 62.5. The third kappa shape index (κ3) is 6.58. The molecular weight excluding hydrogens is 1160 g/mol. The highest BCUT2D eigenvalue weighted by Gasteiger charge is 2.56. The van der Waals surface area contributed by atoms with Gasteiger partial charge in [-0.2, -0.15) is 0 Å². The Morgan fingerprint density at radius 3 is 1.21 bits per heavy atom. The van der Waals surface area contributed by atoms with Crippen LogP contribution in [0.5, 0.6) is 0 Å². The van der Waals surface area contributed by atoms with Crippen LogP contribution in [-0.4, -0.2) is 11.3 Å². The van der Waals surface area contributed by atoms with Crippen LogP contribution in [0.15, 0.2) is 340 Å². The highest BCUT2D eigenvalue weighted by atomic mass is 15.2. The van der Waals surface area contributed by atoms with Gasteiger partial charge in [-0.3, -0.25) is 0 Å². The number of nitrogens with zero attached hydrogens (tertiary/aromatic N) is 3. The molecule has 6 aliphatic rings. The summed E-state index contributed by atoms with van der Waals surface area (Å²) in [6.07, 6.45) is 0. The van der Waals surface area contributed by atoms with Gasteiger partial charge in [-0.1, -0.05) is 285 Å². The smallest absolute Gasteiger partial charge is 0.252 e. The molecule has 442 valence electrons. The molecule has 0 fully saturated rings. The molecule has 3 nitrogen and oxygen atoms in total. The minimum absolute atomic E-state index is 0.215. The van der Waals surface area contributed by atoms with Crippen LogP contribution >= 0.6 is 0 Å². The van der Waals surface area contributed by atoms with Gasteiger partial charge in [0, 0.05) is 44.8 Å². The second-order valence-corrected chi connectivity index (χ2v) is 26.9. The Bertz CT molecular complexity index is 5910. The van der Waals surface area contributed by atoms with Crippen molar-refractivity contribution in [1.29, 1.82) is 0 Å². The third-order valence-corrected chi connectivity index (χ3v) is 22.6. The van der Waals surface area contributed by atoms with Gasteiger partial charge in [0.25, 0.3) is 6.71 Å². The first-order valence-corrected chi connectivity index (χ1v) is 33.7. The molecule has 0 radical (unpaired) electrons. The number of benzene rings is 15. The average Bonchev–Trinajstić information content (AvgIpc) is 1.52. The van der Waals surface area contributed by atoms with E-state index in [-0.39, 0.29) is 6.71 Å². The fourth-order valence-electron chi connectivity index (χ4n) is 19.0. The number of rotatable bonds is 5. The number of hydrogen-bond acceptors (Lipinski definition) is 2. The summed E-state index contributed by atoms with van der Waals surface area (Å²) in [5.41, 5.74) is 38.6. The lowest BCUT2D eigenvalue weighted by Gasteiger charge is -2.45. The van der Waals surface area contributed by atoms with Gasteiger partial charge in [-0.15, -0.1) is 0 Å². The summed E-state index contributed by atoms with van der Waals surface area (Å²) in [4.78, 5) is 5.36. The summed E-state index contributed by atoms with van der Waals surface area (Å²) >= 11 is 0. The van der Waals surface area contributed by atoms with Crippen molar-refractivity contribution in [2.45, 2.75) is 10.8 Å². The van der Waals surface area contributed by atoms with Crippen LogP contribution in [0.2, 0.25) is 0 Å². The molecule has 0 bridgehead atoms. The molecule has 96 heavy (non-hydrogen) atoms. The van der Waals surface area contributed by atoms with E-state index in [1.165, 1.54) is 161 Å². The van der Waals surface area contributed by atoms with Gasteiger partial charge in [-0.05, 0) is 177 Å². The van der Waals surface area contributed by atoms with Crippen molar-refractivity contribution in [2.75, 3.05) is 9.80 Å². The maximum Gasteiger partial charge on any atom is 0.252 e. The molecule has 0 amide bonds. The largest absolute Gasteiger partial charge is 0.311 e. The highest BCUT2D eigenvalue weighted by molar-refractivity contribution is 7.00. The van der Waals surface area contributed by atoms with Crippen molar-refractivity contribution in [2.24, 2.45) is 0 Å². The van der Waals surface area contributed by atoms with E-state index in [9.17, 15) is 0 Å². The van der Waals surface area contributed by atoms with Gasteiger partial charge in [0.2, 0.25) is 0 Å². The molecular formula is C92H56BN3. The Morgan fingerprint density at radius 2 is 0.646 bits per heavy atom. The summed E-state index contributed by atoms with van der Waals surface area (Å²) in [7, 11) is 0. The normalized spacial score (nSPS) is 14.4. The zero-order valence-corrected chi connectivity index (χ0v) is 52.3. The van der Waals surface area contributed by atoms with Crippen LogP contribution in [0.3, 0.4) is 0 Å². The summed E-state index contributed by atoms with van der Waals surface area (Å²) in [5.74, 6) is 0. The number of hydrogen-bond donors (Lipinski definition) is 0. The quantitative estimate of drug-likeness (QED) is 0.159. The van der Waals surface area contributed by atoms with Gasteiger partial charge in [0.1, 0.15) is 0 Å². The van der Waals surface area contributed by atoms with E-state index in [4.69, 9.17) is 0 Å². The second-order valence-electron chi connectivity index (χ2n) is 26.9. The molecule has 4 aliphatic carbocycles. The van der Waals surface area contributed by atoms with Gasteiger partial charge < -0.3 is 14.4 Å². The van der Waals surface area contributed by atoms with Crippen molar-refractivity contribution in [3.8, 4) is 72.4 Å².